The predicted molar refractivity (Wildman–Crippen MR) is 51.8 cm³/mol. The second kappa shape index (κ2) is 4.35. The number of hydrogen-bond acceptors (Lipinski definition) is 2. The fourth-order valence-corrected chi connectivity index (χ4v) is 1.36. The largest absolute Gasteiger partial charge is 0.330 e. The molecule has 0 saturated heterocycles. The maximum atomic E-state index is 12.6. The molecule has 0 saturated carbocycles. The summed E-state index contributed by atoms with van der Waals surface area (Å²) in [6.45, 7) is 2.39. The highest BCUT2D eigenvalue weighted by Gasteiger charge is 2.13. The first-order chi connectivity index (χ1) is 6.15. The minimum atomic E-state index is -0.232. The molecule has 2 nitrogen and oxygen atoms in total. The second-order valence-electron chi connectivity index (χ2n) is 3.25. The van der Waals surface area contributed by atoms with Crippen LogP contribution < -0.4 is 11.5 Å². The van der Waals surface area contributed by atoms with E-state index in [4.69, 9.17) is 11.5 Å². The zero-order valence-corrected chi connectivity index (χ0v) is 7.70. The fourth-order valence-electron chi connectivity index (χ4n) is 1.36. The van der Waals surface area contributed by atoms with Crippen LogP contribution in [0, 0.1) is 5.82 Å². The van der Waals surface area contributed by atoms with Gasteiger partial charge in [-0.3, -0.25) is 0 Å². The summed E-state index contributed by atoms with van der Waals surface area (Å²) in [4.78, 5) is 0. The van der Waals surface area contributed by atoms with Crippen LogP contribution in [0.15, 0.2) is 24.3 Å². The lowest BCUT2D eigenvalue weighted by Crippen LogP contribution is -2.30. The van der Waals surface area contributed by atoms with Crippen LogP contribution in [0.5, 0.6) is 0 Å². The molecule has 1 rings (SSSR count). The van der Waals surface area contributed by atoms with E-state index < -0.39 is 0 Å². The summed E-state index contributed by atoms with van der Waals surface area (Å²) in [6, 6.07) is 6.32. The van der Waals surface area contributed by atoms with Crippen LogP contribution >= 0.6 is 0 Å². The van der Waals surface area contributed by atoms with Gasteiger partial charge in [0.2, 0.25) is 0 Å². The van der Waals surface area contributed by atoms with Gasteiger partial charge in [0.25, 0.3) is 0 Å². The molecule has 2 atom stereocenters. The molecule has 0 amide bonds. The molecule has 3 heteroatoms. The third kappa shape index (κ3) is 2.50. The Labute approximate surface area is 77.7 Å². The number of rotatable bonds is 3. The van der Waals surface area contributed by atoms with Gasteiger partial charge in [0.15, 0.2) is 0 Å². The smallest absolute Gasteiger partial charge is 0.123 e. The van der Waals surface area contributed by atoms with E-state index in [9.17, 15) is 4.39 Å². The van der Waals surface area contributed by atoms with Crippen molar-refractivity contribution in [1.82, 2.24) is 0 Å². The summed E-state index contributed by atoms with van der Waals surface area (Å²) >= 11 is 0. The van der Waals surface area contributed by atoms with Gasteiger partial charge in [-0.1, -0.05) is 12.1 Å². The highest BCUT2D eigenvalue weighted by Crippen LogP contribution is 2.17. The van der Waals surface area contributed by atoms with E-state index in [2.05, 4.69) is 0 Å². The van der Waals surface area contributed by atoms with Crippen molar-refractivity contribution in [2.45, 2.75) is 18.9 Å². The molecular weight excluding hydrogens is 167 g/mol. The minimum absolute atomic E-state index is 0.00420. The van der Waals surface area contributed by atoms with Crippen molar-refractivity contribution in [1.29, 1.82) is 0 Å². The van der Waals surface area contributed by atoms with E-state index in [0.717, 1.165) is 5.56 Å². The first kappa shape index (κ1) is 10.2. The maximum Gasteiger partial charge on any atom is 0.123 e. The van der Waals surface area contributed by atoms with E-state index in [1.165, 1.54) is 12.1 Å². The van der Waals surface area contributed by atoms with Crippen molar-refractivity contribution in [3.63, 3.8) is 0 Å². The first-order valence-corrected chi connectivity index (χ1v) is 4.36. The SMILES string of the molecule is CC(N)C(CN)c1ccc(F)cc1. The molecule has 1 aromatic rings. The van der Waals surface area contributed by atoms with Crippen LogP contribution in [-0.4, -0.2) is 12.6 Å². The average Bonchev–Trinajstić information content (AvgIpc) is 2.09. The van der Waals surface area contributed by atoms with Gasteiger partial charge in [-0.15, -0.1) is 0 Å². The number of halogens is 1. The lowest BCUT2D eigenvalue weighted by atomic mass is 9.93. The van der Waals surface area contributed by atoms with Gasteiger partial charge < -0.3 is 11.5 Å². The monoisotopic (exact) mass is 182 g/mol. The molecule has 13 heavy (non-hydrogen) atoms. The van der Waals surface area contributed by atoms with Gasteiger partial charge >= 0.3 is 0 Å². The minimum Gasteiger partial charge on any atom is -0.330 e. The van der Waals surface area contributed by atoms with Crippen LogP contribution in [0.1, 0.15) is 18.4 Å². The summed E-state index contributed by atoms with van der Waals surface area (Å²) < 4.78 is 12.6. The van der Waals surface area contributed by atoms with Gasteiger partial charge in [-0.25, -0.2) is 4.39 Å². The lowest BCUT2D eigenvalue weighted by molar-refractivity contribution is 0.573. The molecule has 4 N–H and O–H groups in total. The van der Waals surface area contributed by atoms with Crippen molar-refractivity contribution in [2.24, 2.45) is 11.5 Å². The second-order valence-corrected chi connectivity index (χ2v) is 3.25. The van der Waals surface area contributed by atoms with Crippen molar-refractivity contribution in [2.75, 3.05) is 6.54 Å². The normalized spacial score (nSPS) is 15.4. The van der Waals surface area contributed by atoms with Gasteiger partial charge in [0.1, 0.15) is 5.82 Å². The molecule has 0 aliphatic rings. The van der Waals surface area contributed by atoms with Crippen LogP contribution in [-0.2, 0) is 0 Å². The zero-order valence-electron chi connectivity index (χ0n) is 7.70. The van der Waals surface area contributed by atoms with E-state index in [1.807, 2.05) is 6.92 Å². The molecule has 0 heterocycles. The number of hydrogen-bond donors (Lipinski definition) is 2. The number of nitrogens with two attached hydrogens (primary N) is 2. The Bertz CT molecular complexity index is 256. The molecule has 1 aromatic carbocycles. The Hall–Kier alpha value is -0.930. The van der Waals surface area contributed by atoms with Crippen LogP contribution in [0.4, 0.5) is 4.39 Å². The van der Waals surface area contributed by atoms with Crippen molar-refractivity contribution < 1.29 is 4.39 Å². The Morgan fingerprint density at radius 3 is 2.23 bits per heavy atom. The molecule has 0 aliphatic heterocycles. The summed E-state index contributed by atoms with van der Waals surface area (Å²) in [5.74, 6) is -0.121. The molecule has 0 aromatic heterocycles. The molecule has 0 bridgehead atoms. The van der Waals surface area contributed by atoms with E-state index in [1.54, 1.807) is 12.1 Å². The van der Waals surface area contributed by atoms with Gasteiger partial charge in [0.05, 0.1) is 0 Å². The van der Waals surface area contributed by atoms with Crippen LogP contribution in [0.3, 0.4) is 0 Å². The molecule has 0 spiro atoms. The molecule has 0 aliphatic carbocycles. The topological polar surface area (TPSA) is 52.0 Å². The molecular formula is C10H15FN2. The highest BCUT2D eigenvalue weighted by molar-refractivity contribution is 5.22. The lowest BCUT2D eigenvalue weighted by Gasteiger charge is -2.18. The average molecular weight is 182 g/mol. The standard InChI is InChI=1S/C10H15FN2/c1-7(13)10(6-12)8-2-4-9(11)5-3-8/h2-5,7,10H,6,12-13H2,1H3. The number of benzene rings is 1. The van der Waals surface area contributed by atoms with E-state index in [-0.39, 0.29) is 17.8 Å². The maximum absolute atomic E-state index is 12.6. The molecule has 2 unspecified atom stereocenters. The van der Waals surface area contributed by atoms with Crippen molar-refractivity contribution in [3.8, 4) is 0 Å². The summed E-state index contributed by atoms with van der Waals surface area (Å²) in [5, 5.41) is 0. The van der Waals surface area contributed by atoms with Crippen molar-refractivity contribution in [3.05, 3.63) is 35.6 Å². The Kier molecular flexibility index (Phi) is 3.39. The third-order valence-corrected chi connectivity index (χ3v) is 2.19. The predicted octanol–water partition coefficient (Wildman–Crippen LogP) is 1.22. The first-order valence-electron chi connectivity index (χ1n) is 4.36. The zero-order chi connectivity index (χ0) is 9.84. The van der Waals surface area contributed by atoms with Gasteiger partial charge in [0, 0.05) is 18.5 Å². The fraction of sp³-hybridized carbons (Fsp3) is 0.400. The van der Waals surface area contributed by atoms with E-state index in [0.29, 0.717) is 6.54 Å². The Morgan fingerprint density at radius 2 is 1.85 bits per heavy atom. The van der Waals surface area contributed by atoms with Crippen molar-refractivity contribution >= 4 is 0 Å². The highest BCUT2D eigenvalue weighted by atomic mass is 19.1. The molecule has 0 fully saturated rings. The Balaban J connectivity index is 2.86. The molecule has 72 valence electrons. The summed E-state index contributed by atoms with van der Waals surface area (Å²) in [5.41, 5.74) is 12.3. The summed E-state index contributed by atoms with van der Waals surface area (Å²) in [7, 11) is 0. The molecule has 0 radical (unpaired) electrons. The quantitative estimate of drug-likeness (QED) is 0.738. The Morgan fingerprint density at radius 1 is 1.31 bits per heavy atom. The van der Waals surface area contributed by atoms with Gasteiger partial charge in [-0.2, -0.15) is 0 Å². The summed E-state index contributed by atoms with van der Waals surface area (Å²) in [6.07, 6.45) is 0. The van der Waals surface area contributed by atoms with E-state index >= 15 is 0 Å². The third-order valence-electron chi connectivity index (χ3n) is 2.19. The van der Waals surface area contributed by atoms with Crippen LogP contribution in [0.2, 0.25) is 0 Å². The van der Waals surface area contributed by atoms with Crippen LogP contribution in [0.25, 0.3) is 0 Å². The van der Waals surface area contributed by atoms with Gasteiger partial charge in [-0.05, 0) is 24.6 Å².